The molecule has 164 valence electrons. The van der Waals surface area contributed by atoms with Crippen LogP contribution in [0.25, 0.3) is 0 Å². The fourth-order valence-corrected chi connectivity index (χ4v) is 4.42. The summed E-state index contributed by atoms with van der Waals surface area (Å²) in [5.41, 5.74) is 0.367. The first-order chi connectivity index (χ1) is 14.7. The molecule has 0 atom stereocenters. The Morgan fingerprint density at radius 2 is 1.97 bits per heavy atom. The number of benzene rings is 1. The Morgan fingerprint density at radius 1 is 1.26 bits per heavy atom. The van der Waals surface area contributed by atoms with Crippen molar-refractivity contribution in [1.29, 1.82) is 0 Å². The number of aromatic hydroxyl groups is 1. The van der Waals surface area contributed by atoms with E-state index in [2.05, 4.69) is 15.2 Å². The Hall–Kier alpha value is -3.36. The van der Waals surface area contributed by atoms with Crippen molar-refractivity contribution in [2.75, 3.05) is 28.7 Å². The van der Waals surface area contributed by atoms with Gasteiger partial charge in [-0.3, -0.25) is 4.79 Å². The van der Waals surface area contributed by atoms with Crippen molar-refractivity contribution in [3.05, 3.63) is 30.0 Å². The molecular formula is C22H27N5O4. The van der Waals surface area contributed by atoms with Crippen LogP contribution >= 0.6 is 0 Å². The maximum atomic E-state index is 13.0. The fraction of sp³-hybridized carbons (Fsp3) is 0.455. The number of carbonyl (C=O) groups is 2. The predicted molar refractivity (Wildman–Crippen MR) is 117 cm³/mol. The van der Waals surface area contributed by atoms with Crippen molar-refractivity contribution in [3.8, 4) is 5.75 Å². The normalized spacial score (nSPS) is 18.6. The van der Waals surface area contributed by atoms with Crippen LogP contribution in [-0.4, -0.2) is 51.7 Å². The number of rotatable bonds is 4. The molecule has 0 bridgehead atoms. The number of hydrogen-bond acceptors (Lipinski definition) is 7. The monoisotopic (exact) mass is 425 g/mol. The number of anilines is 4. The Morgan fingerprint density at radius 3 is 2.61 bits per heavy atom. The van der Waals surface area contributed by atoms with E-state index in [0.717, 1.165) is 25.7 Å². The average molecular weight is 425 g/mol. The third-order valence-electron chi connectivity index (χ3n) is 6.09. The summed E-state index contributed by atoms with van der Waals surface area (Å²) in [6, 6.07) is 4.35. The summed E-state index contributed by atoms with van der Waals surface area (Å²) >= 11 is 0. The highest BCUT2D eigenvalue weighted by Gasteiger charge is 2.41. The summed E-state index contributed by atoms with van der Waals surface area (Å²) < 4.78 is 0. The molecule has 2 aromatic rings. The third kappa shape index (κ3) is 3.87. The van der Waals surface area contributed by atoms with E-state index in [4.69, 9.17) is 10.1 Å². The number of carboxylic acids is 1. The van der Waals surface area contributed by atoms with Crippen LogP contribution in [0.3, 0.4) is 0 Å². The molecule has 1 aliphatic heterocycles. The highest BCUT2D eigenvalue weighted by atomic mass is 16.4. The van der Waals surface area contributed by atoms with Crippen molar-refractivity contribution in [1.82, 2.24) is 9.97 Å². The number of carboxylic acid groups (broad SMARTS) is 1. The lowest BCUT2D eigenvalue weighted by Gasteiger charge is -2.34. The first-order valence-electron chi connectivity index (χ1n) is 10.4. The van der Waals surface area contributed by atoms with E-state index in [1.807, 2.05) is 13.8 Å². The molecule has 3 N–H and O–H groups in total. The van der Waals surface area contributed by atoms with Gasteiger partial charge < -0.3 is 25.3 Å². The van der Waals surface area contributed by atoms with E-state index in [1.165, 1.54) is 18.2 Å². The summed E-state index contributed by atoms with van der Waals surface area (Å²) in [5, 5.41) is 22.3. The van der Waals surface area contributed by atoms with Gasteiger partial charge in [-0.15, -0.1) is 0 Å². The second kappa shape index (κ2) is 7.72. The standard InChI is InChI=1S/C22H27N5O4/c1-22(2)12-27(14-6-4-5-7-14)18-16(26(3)20(22)31)11-23-21(25-18)24-15-9-8-13(19(29)30)10-17(15)28/h8-11,14,28H,4-7,12H2,1-3H3,(H,29,30)(H,23,24,25). The third-order valence-corrected chi connectivity index (χ3v) is 6.09. The molecule has 0 unspecified atom stereocenters. The van der Waals surface area contributed by atoms with Gasteiger partial charge >= 0.3 is 5.97 Å². The molecule has 0 spiro atoms. The molecule has 1 fully saturated rings. The Labute approximate surface area is 180 Å². The maximum Gasteiger partial charge on any atom is 0.335 e. The van der Waals surface area contributed by atoms with Gasteiger partial charge in [-0.05, 0) is 44.9 Å². The van der Waals surface area contributed by atoms with Crippen LogP contribution in [0.2, 0.25) is 0 Å². The molecule has 9 nitrogen and oxygen atoms in total. The van der Waals surface area contributed by atoms with E-state index >= 15 is 0 Å². The zero-order valence-electron chi connectivity index (χ0n) is 17.9. The van der Waals surface area contributed by atoms with Crippen LogP contribution in [0.1, 0.15) is 49.9 Å². The molecule has 9 heteroatoms. The van der Waals surface area contributed by atoms with Gasteiger partial charge in [0.2, 0.25) is 11.9 Å². The van der Waals surface area contributed by atoms with Gasteiger partial charge in [-0.2, -0.15) is 4.98 Å². The van der Waals surface area contributed by atoms with Crippen molar-refractivity contribution >= 4 is 35.0 Å². The van der Waals surface area contributed by atoms with Gasteiger partial charge in [0.25, 0.3) is 0 Å². The first kappa shape index (κ1) is 20.9. The number of nitrogens with zero attached hydrogens (tertiary/aromatic N) is 4. The molecule has 2 heterocycles. The zero-order valence-corrected chi connectivity index (χ0v) is 17.9. The molecule has 1 amide bonds. The SMILES string of the molecule is CN1C(=O)C(C)(C)CN(C2CCCC2)c2nc(Nc3ccc(C(=O)O)cc3O)ncc21. The maximum absolute atomic E-state index is 13.0. The highest BCUT2D eigenvalue weighted by molar-refractivity contribution is 6.00. The first-order valence-corrected chi connectivity index (χ1v) is 10.4. The molecule has 4 rings (SSSR count). The Kier molecular flexibility index (Phi) is 5.20. The van der Waals surface area contributed by atoms with Crippen LogP contribution in [0.15, 0.2) is 24.4 Å². The van der Waals surface area contributed by atoms with E-state index in [-0.39, 0.29) is 23.2 Å². The van der Waals surface area contributed by atoms with E-state index in [9.17, 15) is 14.7 Å². The van der Waals surface area contributed by atoms with Gasteiger partial charge in [0, 0.05) is 19.6 Å². The van der Waals surface area contributed by atoms with Gasteiger partial charge in [-0.25, -0.2) is 9.78 Å². The number of phenols is 1. The van der Waals surface area contributed by atoms with Gasteiger partial charge in [0.15, 0.2) is 5.82 Å². The topological polar surface area (TPSA) is 119 Å². The number of aromatic carboxylic acids is 1. The lowest BCUT2D eigenvalue weighted by atomic mass is 9.91. The van der Waals surface area contributed by atoms with E-state index < -0.39 is 11.4 Å². The molecule has 0 radical (unpaired) electrons. The minimum atomic E-state index is -1.12. The second-order valence-electron chi connectivity index (χ2n) is 8.88. The van der Waals surface area contributed by atoms with Crippen LogP contribution < -0.4 is 15.1 Å². The summed E-state index contributed by atoms with van der Waals surface area (Å²) in [6.45, 7) is 4.46. The number of fused-ring (bicyclic) bond motifs is 1. The Balaban J connectivity index is 1.73. The van der Waals surface area contributed by atoms with Crippen LogP contribution in [0.5, 0.6) is 5.75 Å². The van der Waals surface area contributed by atoms with Crippen LogP contribution in [0, 0.1) is 5.41 Å². The smallest absolute Gasteiger partial charge is 0.335 e. The minimum Gasteiger partial charge on any atom is -0.506 e. The second-order valence-corrected chi connectivity index (χ2v) is 8.88. The summed E-state index contributed by atoms with van der Waals surface area (Å²) in [7, 11) is 1.74. The van der Waals surface area contributed by atoms with Crippen molar-refractivity contribution in [2.24, 2.45) is 5.41 Å². The number of phenolic OH excluding ortho intramolecular Hbond substituents is 1. The van der Waals surface area contributed by atoms with Gasteiger partial charge in [0.05, 0.1) is 22.9 Å². The molecule has 0 saturated heterocycles. The molecular weight excluding hydrogens is 398 g/mol. The fourth-order valence-electron chi connectivity index (χ4n) is 4.42. The molecule has 1 aliphatic carbocycles. The lowest BCUT2D eigenvalue weighted by molar-refractivity contribution is -0.125. The number of hydrogen-bond donors (Lipinski definition) is 3. The highest BCUT2D eigenvalue weighted by Crippen LogP contribution is 2.40. The predicted octanol–water partition coefficient (Wildman–Crippen LogP) is 3.38. The number of aromatic nitrogens is 2. The summed E-state index contributed by atoms with van der Waals surface area (Å²) in [4.78, 5) is 37.1. The summed E-state index contributed by atoms with van der Waals surface area (Å²) in [6.07, 6.45) is 6.03. The zero-order chi connectivity index (χ0) is 22.3. The number of nitrogens with one attached hydrogen (secondary N) is 1. The quantitative estimate of drug-likeness (QED) is 0.638. The average Bonchev–Trinajstić information content (AvgIpc) is 3.24. The molecule has 1 aromatic carbocycles. The van der Waals surface area contributed by atoms with Gasteiger partial charge in [0.1, 0.15) is 11.4 Å². The van der Waals surface area contributed by atoms with E-state index in [0.29, 0.717) is 29.8 Å². The minimum absolute atomic E-state index is 0.0133. The molecule has 1 aromatic heterocycles. The molecule has 1 saturated carbocycles. The van der Waals surface area contributed by atoms with Crippen LogP contribution in [-0.2, 0) is 4.79 Å². The summed E-state index contributed by atoms with van der Waals surface area (Å²) in [5.74, 6) is -0.362. The number of amides is 1. The number of carbonyl (C=O) groups excluding carboxylic acids is 1. The van der Waals surface area contributed by atoms with Crippen LogP contribution in [0.4, 0.5) is 23.1 Å². The van der Waals surface area contributed by atoms with Crippen molar-refractivity contribution < 1.29 is 19.8 Å². The largest absolute Gasteiger partial charge is 0.506 e. The van der Waals surface area contributed by atoms with Gasteiger partial charge in [-0.1, -0.05) is 12.8 Å². The lowest BCUT2D eigenvalue weighted by Crippen LogP contribution is -2.45. The molecule has 31 heavy (non-hydrogen) atoms. The van der Waals surface area contributed by atoms with E-state index in [1.54, 1.807) is 18.1 Å². The molecule has 2 aliphatic rings. The Bertz CT molecular complexity index is 1030. The van der Waals surface area contributed by atoms with Crippen molar-refractivity contribution in [3.63, 3.8) is 0 Å². The van der Waals surface area contributed by atoms with Crippen molar-refractivity contribution in [2.45, 2.75) is 45.6 Å².